The van der Waals surface area contributed by atoms with Crippen molar-refractivity contribution >= 4 is 17.3 Å². The van der Waals surface area contributed by atoms with E-state index in [1.807, 2.05) is 0 Å². The highest BCUT2D eigenvalue weighted by Gasteiger charge is 2.35. The average molecular weight is 423 g/mol. The lowest BCUT2D eigenvalue weighted by molar-refractivity contribution is -0.150. The highest BCUT2D eigenvalue weighted by Crippen LogP contribution is 2.26. The van der Waals surface area contributed by atoms with Gasteiger partial charge in [-0.1, -0.05) is 11.6 Å². The van der Waals surface area contributed by atoms with E-state index in [-0.39, 0.29) is 36.0 Å². The second-order valence-corrected chi connectivity index (χ2v) is 6.92. The third-order valence-corrected chi connectivity index (χ3v) is 4.88. The maximum Gasteiger partial charge on any atom is 0.401 e. The van der Waals surface area contributed by atoms with E-state index in [0.29, 0.717) is 10.7 Å². The van der Waals surface area contributed by atoms with E-state index in [2.05, 4.69) is 5.10 Å². The van der Waals surface area contributed by atoms with Crippen LogP contribution in [0.2, 0.25) is 5.02 Å². The number of hydrogen-bond acceptors (Lipinski definition) is 4. The van der Waals surface area contributed by atoms with Crippen LogP contribution in [0, 0.1) is 11.6 Å². The molecule has 0 saturated carbocycles. The molecule has 11 heteroatoms. The summed E-state index contributed by atoms with van der Waals surface area (Å²) in [5.41, 5.74) is -0.817. The Hall–Kier alpha value is -2.20. The van der Waals surface area contributed by atoms with Crippen LogP contribution < -0.4 is 10.5 Å². The highest BCUT2D eigenvalue weighted by molar-refractivity contribution is 6.33. The molecule has 0 aliphatic carbocycles. The molecule has 0 amide bonds. The topological polar surface area (TPSA) is 41.4 Å². The molecule has 5 nitrogen and oxygen atoms in total. The summed E-state index contributed by atoms with van der Waals surface area (Å²) in [7, 11) is 0. The molecule has 3 rings (SSSR count). The Morgan fingerprint density at radius 3 is 2.54 bits per heavy atom. The summed E-state index contributed by atoms with van der Waals surface area (Å²) in [5, 5.41) is 3.66. The number of alkyl halides is 3. The predicted octanol–water partition coefficient (Wildman–Crippen LogP) is 3.24. The van der Waals surface area contributed by atoms with E-state index < -0.39 is 36.0 Å². The zero-order chi connectivity index (χ0) is 20.6. The van der Waals surface area contributed by atoms with Gasteiger partial charge in [0.15, 0.2) is 5.82 Å². The van der Waals surface area contributed by atoms with Gasteiger partial charge in [-0.25, -0.2) is 8.78 Å². The molecule has 2 aromatic rings. The lowest BCUT2D eigenvalue weighted by Gasteiger charge is -2.41. The third-order valence-electron chi connectivity index (χ3n) is 4.53. The first-order valence-electron chi connectivity index (χ1n) is 8.36. The van der Waals surface area contributed by atoms with Crippen LogP contribution >= 0.6 is 11.6 Å². The monoisotopic (exact) mass is 422 g/mol. The molecule has 0 N–H and O–H groups in total. The number of halogens is 6. The van der Waals surface area contributed by atoms with Crippen molar-refractivity contribution in [3.05, 3.63) is 51.4 Å². The Kier molecular flexibility index (Phi) is 5.62. The molecule has 2 heterocycles. The lowest BCUT2D eigenvalue weighted by atomic mass is 10.1. The minimum atomic E-state index is -4.30. The van der Waals surface area contributed by atoms with Gasteiger partial charge in [-0.15, -0.1) is 0 Å². The smallest absolute Gasteiger partial charge is 0.366 e. The zero-order valence-corrected chi connectivity index (χ0v) is 15.4. The van der Waals surface area contributed by atoms with Crippen molar-refractivity contribution in [1.29, 1.82) is 0 Å². The molecule has 0 bridgehead atoms. The van der Waals surface area contributed by atoms with Crippen molar-refractivity contribution in [1.82, 2.24) is 14.7 Å². The number of nitrogens with zero attached hydrogens (tertiary/aromatic N) is 4. The van der Waals surface area contributed by atoms with Crippen LogP contribution in [0.4, 0.5) is 27.6 Å². The van der Waals surface area contributed by atoms with Gasteiger partial charge in [-0.2, -0.15) is 23.0 Å². The summed E-state index contributed by atoms with van der Waals surface area (Å²) < 4.78 is 65.6. The summed E-state index contributed by atoms with van der Waals surface area (Å²) in [6.45, 7) is 1.20. The minimum absolute atomic E-state index is 0.132. The molecular formula is C17H16ClF5N4O. The largest absolute Gasteiger partial charge is 0.401 e. The van der Waals surface area contributed by atoms with Gasteiger partial charge >= 0.3 is 6.18 Å². The Morgan fingerprint density at radius 1 is 1.21 bits per heavy atom. The number of benzene rings is 1. The van der Waals surface area contributed by atoms with Crippen LogP contribution in [-0.2, 0) is 0 Å². The summed E-state index contributed by atoms with van der Waals surface area (Å²) in [4.78, 5) is 15.5. The van der Waals surface area contributed by atoms with Crippen molar-refractivity contribution in [2.45, 2.75) is 19.1 Å². The van der Waals surface area contributed by atoms with Crippen molar-refractivity contribution < 1.29 is 22.0 Å². The molecule has 152 valence electrons. The lowest BCUT2D eigenvalue weighted by Crippen LogP contribution is -2.54. The van der Waals surface area contributed by atoms with Crippen LogP contribution in [0.1, 0.15) is 6.92 Å². The Bertz CT molecular complexity index is 933. The van der Waals surface area contributed by atoms with Gasteiger partial charge in [-0.3, -0.25) is 9.69 Å². The highest BCUT2D eigenvalue weighted by atomic mass is 35.5. The number of rotatable bonds is 3. The van der Waals surface area contributed by atoms with Crippen molar-refractivity contribution in [2.24, 2.45) is 0 Å². The summed E-state index contributed by atoms with van der Waals surface area (Å²) in [5.74, 6) is -1.78. The summed E-state index contributed by atoms with van der Waals surface area (Å²) in [6.07, 6.45) is -3.05. The molecule has 1 aromatic carbocycles. The van der Waals surface area contributed by atoms with Gasteiger partial charge < -0.3 is 4.90 Å². The molecule has 1 aliphatic heterocycles. The molecule has 1 aliphatic rings. The van der Waals surface area contributed by atoms with Crippen LogP contribution in [-0.4, -0.2) is 53.1 Å². The number of anilines is 1. The molecule has 28 heavy (non-hydrogen) atoms. The standard InChI is InChI=1S/C17H16ClF5N4O/c1-10-8-25(4-5-26(10)9-17(21,22)23)14-7-24-27(16(28)15(14)18)13-3-2-11(19)6-12(13)20/h2-3,6-7,10H,4-5,8-9H2,1H3. The van der Waals surface area contributed by atoms with E-state index in [9.17, 15) is 26.7 Å². The van der Waals surface area contributed by atoms with Gasteiger partial charge in [0.05, 0.1) is 18.4 Å². The summed E-state index contributed by atoms with van der Waals surface area (Å²) >= 11 is 6.15. The molecule has 1 atom stereocenters. The zero-order valence-electron chi connectivity index (χ0n) is 14.7. The fraction of sp³-hybridized carbons (Fsp3) is 0.412. The first kappa shape index (κ1) is 20.5. The second kappa shape index (κ2) is 7.67. The minimum Gasteiger partial charge on any atom is -0.366 e. The van der Waals surface area contributed by atoms with Gasteiger partial charge in [0, 0.05) is 31.7 Å². The molecule has 0 spiro atoms. The second-order valence-electron chi connectivity index (χ2n) is 6.54. The van der Waals surface area contributed by atoms with Gasteiger partial charge in [-0.05, 0) is 19.1 Å². The molecule has 1 aromatic heterocycles. The Morgan fingerprint density at radius 2 is 1.93 bits per heavy atom. The Labute approximate surface area is 161 Å². The van der Waals surface area contributed by atoms with Gasteiger partial charge in [0.2, 0.25) is 0 Å². The van der Waals surface area contributed by atoms with Crippen LogP contribution in [0.25, 0.3) is 5.69 Å². The first-order chi connectivity index (χ1) is 13.1. The Balaban J connectivity index is 1.85. The van der Waals surface area contributed by atoms with E-state index in [4.69, 9.17) is 11.6 Å². The number of hydrogen-bond donors (Lipinski definition) is 0. The maximum absolute atomic E-state index is 13.9. The SMILES string of the molecule is CC1CN(c2cnn(-c3ccc(F)cc3F)c(=O)c2Cl)CCN1CC(F)(F)F. The first-order valence-corrected chi connectivity index (χ1v) is 8.73. The van der Waals surface area contributed by atoms with E-state index in [1.165, 1.54) is 11.1 Å². The molecule has 0 radical (unpaired) electrons. The van der Waals surface area contributed by atoms with Gasteiger partial charge in [0.1, 0.15) is 16.5 Å². The maximum atomic E-state index is 13.9. The van der Waals surface area contributed by atoms with Crippen molar-refractivity contribution in [3.63, 3.8) is 0 Å². The van der Waals surface area contributed by atoms with E-state index in [0.717, 1.165) is 12.1 Å². The molecule has 1 unspecified atom stereocenters. The predicted molar refractivity (Wildman–Crippen MR) is 94.1 cm³/mol. The van der Waals surface area contributed by atoms with Crippen LogP contribution in [0.5, 0.6) is 0 Å². The fourth-order valence-electron chi connectivity index (χ4n) is 3.15. The summed E-state index contributed by atoms with van der Waals surface area (Å²) in [6, 6.07) is 2.24. The van der Waals surface area contributed by atoms with Crippen molar-refractivity contribution in [2.75, 3.05) is 31.1 Å². The van der Waals surface area contributed by atoms with Gasteiger partial charge in [0.25, 0.3) is 5.56 Å². The number of piperazine rings is 1. The fourth-order valence-corrected chi connectivity index (χ4v) is 3.40. The average Bonchev–Trinajstić information content (AvgIpc) is 2.59. The normalized spacial score (nSPS) is 18.5. The molecule has 1 fully saturated rings. The van der Waals surface area contributed by atoms with Crippen molar-refractivity contribution in [3.8, 4) is 5.69 Å². The number of aromatic nitrogens is 2. The molecule has 1 saturated heterocycles. The van der Waals surface area contributed by atoms with E-state index in [1.54, 1.807) is 11.8 Å². The quantitative estimate of drug-likeness (QED) is 0.712. The third kappa shape index (κ3) is 4.27. The van der Waals surface area contributed by atoms with Crippen LogP contribution in [0.3, 0.4) is 0 Å². The molecular weight excluding hydrogens is 407 g/mol. The van der Waals surface area contributed by atoms with Crippen LogP contribution in [0.15, 0.2) is 29.2 Å². The van der Waals surface area contributed by atoms with E-state index >= 15 is 0 Å².